The third-order valence-corrected chi connectivity index (χ3v) is 4.62. The fourth-order valence-corrected chi connectivity index (χ4v) is 3.22. The fraction of sp³-hybridized carbons (Fsp3) is 0.316. The van der Waals surface area contributed by atoms with E-state index in [1.165, 1.54) is 0 Å². The van der Waals surface area contributed by atoms with Crippen molar-refractivity contribution in [1.82, 2.24) is 9.88 Å². The molecule has 1 saturated heterocycles. The highest BCUT2D eigenvalue weighted by Crippen LogP contribution is 2.20. The van der Waals surface area contributed by atoms with Crippen LogP contribution in [-0.2, 0) is 9.59 Å². The molecule has 7 heteroatoms. The van der Waals surface area contributed by atoms with E-state index in [4.69, 9.17) is 11.6 Å². The highest BCUT2D eigenvalue weighted by atomic mass is 35.5. The first-order valence-corrected chi connectivity index (χ1v) is 8.98. The first-order valence-electron chi connectivity index (χ1n) is 8.60. The maximum absolute atomic E-state index is 12.5. The molecule has 0 radical (unpaired) electrons. The van der Waals surface area contributed by atoms with E-state index in [1.54, 1.807) is 18.3 Å². The lowest BCUT2D eigenvalue weighted by molar-refractivity contribution is -0.123. The van der Waals surface area contributed by atoms with Crippen molar-refractivity contribution >= 4 is 34.8 Å². The summed E-state index contributed by atoms with van der Waals surface area (Å²) in [5.74, 6) is -0.292. The van der Waals surface area contributed by atoms with E-state index in [2.05, 4.69) is 15.6 Å². The van der Waals surface area contributed by atoms with Crippen molar-refractivity contribution < 1.29 is 9.59 Å². The van der Waals surface area contributed by atoms with Gasteiger partial charge in [-0.25, -0.2) is 4.98 Å². The van der Waals surface area contributed by atoms with Gasteiger partial charge in [-0.3, -0.25) is 14.5 Å². The summed E-state index contributed by atoms with van der Waals surface area (Å²) in [4.78, 5) is 30.7. The van der Waals surface area contributed by atoms with Gasteiger partial charge >= 0.3 is 0 Å². The summed E-state index contributed by atoms with van der Waals surface area (Å²) in [7, 11) is 0. The second-order valence-electron chi connectivity index (χ2n) is 6.32. The molecule has 3 rings (SSSR count). The van der Waals surface area contributed by atoms with Crippen LogP contribution in [0.3, 0.4) is 0 Å². The van der Waals surface area contributed by atoms with Crippen LogP contribution in [0.5, 0.6) is 0 Å². The number of benzene rings is 1. The molecule has 2 heterocycles. The van der Waals surface area contributed by atoms with Crippen molar-refractivity contribution in [1.29, 1.82) is 0 Å². The Morgan fingerprint density at radius 3 is 2.73 bits per heavy atom. The summed E-state index contributed by atoms with van der Waals surface area (Å²) in [6.07, 6.45) is 3.28. The average Bonchev–Trinajstić information content (AvgIpc) is 2.64. The van der Waals surface area contributed by atoms with Gasteiger partial charge in [0.2, 0.25) is 11.8 Å². The molecule has 0 saturated carbocycles. The Morgan fingerprint density at radius 1 is 1.15 bits per heavy atom. The van der Waals surface area contributed by atoms with Gasteiger partial charge in [-0.1, -0.05) is 29.8 Å². The van der Waals surface area contributed by atoms with Crippen LogP contribution >= 0.6 is 11.6 Å². The van der Waals surface area contributed by atoms with E-state index in [9.17, 15) is 9.59 Å². The quantitative estimate of drug-likeness (QED) is 0.791. The zero-order valence-electron chi connectivity index (χ0n) is 14.3. The Balaban J connectivity index is 1.52. The lowest BCUT2D eigenvalue weighted by Crippen LogP contribution is -2.44. The molecule has 26 heavy (non-hydrogen) atoms. The number of halogens is 1. The maximum Gasteiger partial charge on any atom is 0.238 e. The van der Waals surface area contributed by atoms with Gasteiger partial charge < -0.3 is 10.6 Å². The second-order valence-corrected chi connectivity index (χ2v) is 6.68. The SMILES string of the molecule is O=C(CN1CCC[C@@H](C(=O)Nc2ccccc2)C1)Nc1cccnc1Cl. The smallest absolute Gasteiger partial charge is 0.238 e. The molecule has 1 aromatic heterocycles. The van der Waals surface area contributed by atoms with Crippen molar-refractivity contribution in [3.63, 3.8) is 0 Å². The lowest BCUT2D eigenvalue weighted by Gasteiger charge is -2.31. The van der Waals surface area contributed by atoms with Gasteiger partial charge in [-0.15, -0.1) is 0 Å². The van der Waals surface area contributed by atoms with Gasteiger partial charge in [0.15, 0.2) is 5.15 Å². The molecule has 1 fully saturated rings. The molecule has 1 aliphatic rings. The Labute approximate surface area is 157 Å². The minimum Gasteiger partial charge on any atom is -0.326 e. The zero-order valence-corrected chi connectivity index (χ0v) is 15.1. The van der Waals surface area contributed by atoms with Crippen molar-refractivity contribution in [3.8, 4) is 0 Å². The second kappa shape index (κ2) is 8.78. The molecule has 0 aliphatic carbocycles. The van der Waals surface area contributed by atoms with Crippen molar-refractivity contribution in [2.24, 2.45) is 5.92 Å². The molecule has 0 unspecified atom stereocenters. The number of aromatic nitrogens is 1. The van der Waals surface area contributed by atoms with E-state index in [1.807, 2.05) is 35.2 Å². The summed E-state index contributed by atoms with van der Waals surface area (Å²) >= 11 is 5.96. The van der Waals surface area contributed by atoms with Gasteiger partial charge in [0.1, 0.15) is 0 Å². The van der Waals surface area contributed by atoms with Crippen LogP contribution in [0.25, 0.3) is 0 Å². The Kier molecular flexibility index (Phi) is 6.20. The zero-order chi connectivity index (χ0) is 18.4. The minimum absolute atomic E-state index is 0.00314. The summed E-state index contributed by atoms with van der Waals surface area (Å²) < 4.78 is 0. The van der Waals surface area contributed by atoms with Crippen LogP contribution in [0.1, 0.15) is 12.8 Å². The number of hydrogen-bond acceptors (Lipinski definition) is 4. The fourth-order valence-electron chi connectivity index (χ4n) is 3.05. The van der Waals surface area contributed by atoms with Crippen LogP contribution in [-0.4, -0.2) is 41.3 Å². The van der Waals surface area contributed by atoms with Crippen LogP contribution < -0.4 is 10.6 Å². The van der Waals surface area contributed by atoms with Crippen LogP contribution in [0.4, 0.5) is 11.4 Å². The molecule has 1 aliphatic heterocycles. The first kappa shape index (κ1) is 18.4. The number of carbonyl (C=O) groups excluding carboxylic acids is 2. The molecular formula is C19H21ClN4O2. The Bertz CT molecular complexity index is 769. The highest BCUT2D eigenvalue weighted by Gasteiger charge is 2.27. The summed E-state index contributed by atoms with van der Waals surface area (Å²) in [5.41, 5.74) is 1.29. The molecule has 1 atom stereocenters. The number of anilines is 2. The molecule has 2 amide bonds. The predicted octanol–water partition coefficient (Wildman–Crippen LogP) is 3.02. The Morgan fingerprint density at radius 2 is 1.96 bits per heavy atom. The number of carbonyl (C=O) groups is 2. The third-order valence-electron chi connectivity index (χ3n) is 4.32. The standard InChI is InChI=1S/C19H21ClN4O2/c20-18-16(9-4-10-21-18)23-17(25)13-24-11-5-6-14(12-24)19(26)22-15-7-2-1-3-8-15/h1-4,7-10,14H,5-6,11-13H2,(H,22,26)(H,23,25)/t14-/m1/s1. The van der Waals surface area contributed by atoms with E-state index in [-0.39, 0.29) is 29.4 Å². The van der Waals surface area contributed by atoms with E-state index < -0.39 is 0 Å². The summed E-state index contributed by atoms with van der Waals surface area (Å²) in [6, 6.07) is 12.8. The molecule has 136 valence electrons. The number of piperidine rings is 1. The highest BCUT2D eigenvalue weighted by molar-refractivity contribution is 6.32. The van der Waals surface area contributed by atoms with Gasteiger partial charge in [0.05, 0.1) is 18.2 Å². The van der Waals surface area contributed by atoms with Crippen LogP contribution in [0, 0.1) is 5.92 Å². The largest absolute Gasteiger partial charge is 0.326 e. The number of pyridine rings is 1. The molecule has 6 nitrogen and oxygen atoms in total. The van der Waals surface area contributed by atoms with E-state index >= 15 is 0 Å². The van der Waals surface area contributed by atoms with Crippen molar-refractivity contribution in [2.75, 3.05) is 30.3 Å². The van der Waals surface area contributed by atoms with Gasteiger partial charge in [-0.2, -0.15) is 0 Å². The lowest BCUT2D eigenvalue weighted by atomic mass is 9.97. The van der Waals surface area contributed by atoms with Gasteiger partial charge in [-0.05, 0) is 43.7 Å². The molecule has 2 aromatic rings. The normalized spacial score (nSPS) is 17.5. The average molecular weight is 373 g/mol. The number of amides is 2. The van der Waals surface area contributed by atoms with E-state index in [0.717, 1.165) is 25.1 Å². The number of nitrogens with one attached hydrogen (secondary N) is 2. The third kappa shape index (κ3) is 5.03. The van der Waals surface area contributed by atoms with Crippen molar-refractivity contribution in [3.05, 3.63) is 53.8 Å². The summed E-state index contributed by atoms with van der Waals surface area (Å²) in [5, 5.41) is 5.97. The number of hydrogen-bond donors (Lipinski definition) is 2. The Hall–Kier alpha value is -2.44. The van der Waals surface area contributed by atoms with Crippen LogP contribution in [0.15, 0.2) is 48.7 Å². The molecule has 0 bridgehead atoms. The molecule has 1 aromatic carbocycles. The molecule has 0 spiro atoms. The number of nitrogens with zero attached hydrogens (tertiary/aromatic N) is 2. The van der Waals surface area contributed by atoms with E-state index in [0.29, 0.717) is 12.2 Å². The number of rotatable bonds is 5. The molecule has 2 N–H and O–H groups in total. The predicted molar refractivity (Wildman–Crippen MR) is 102 cm³/mol. The minimum atomic E-state index is -0.163. The van der Waals surface area contributed by atoms with Gasteiger partial charge in [0, 0.05) is 18.4 Å². The van der Waals surface area contributed by atoms with Crippen LogP contribution in [0.2, 0.25) is 5.15 Å². The summed E-state index contributed by atoms with van der Waals surface area (Å²) in [6.45, 7) is 1.58. The number of para-hydroxylation sites is 1. The number of likely N-dealkylation sites (tertiary alicyclic amines) is 1. The molecular weight excluding hydrogens is 352 g/mol. The topological polar surface area (TPSA) is 74.3 Å². The van der Waals surface area contributed by atoms with Crippen molar-refractivity contribution in [2.45, 2.75) is 12.8 Å². The van der Waals surface area contributed by atoms with Gasteiger partial charge in [0.25, 0.3) is 0 Å². The maximum atomic E-state index is 12.5. The monoisotopic (exact) mass is 372 g/mol. The first-order chi connectivity index (χ1) is 12.6.